The molecule has 0 bridgehead atoms. The van der Waals surface area contributed by atoms with Crippen LogP contribution >= 0.6 is 0 Å². The minimum absolute atomic E-state index is 0. The SMILES string of the molecule is O=C([O-])[O-].O=C([O-])[O-].[Li+].[Li+].[Li+].[Li+]. The summed E-state index contributed by atoms with van der Waals surface area (Å²) in [5.41, 5.74) is 0. The van der Waals surface area contributed by atoms with E-state index in [-0.39, 0.29) is 75.4 Å². The van der Waals surface area contributed by atoms with Crippen molar-refractivity contribution in [1.29, 1.82) is 0 Å². The Balaban J connectivity index is -0.0000000112. The van der Waals surface area contributed by atoms with Crippen molar-refractivity contribution in [2.24, 2.45) is 0 Å². The largest absolute Gasteiger partial charge is 1.00 e. The summed E-state index contributed by atoms with van der Waals surface area (Å²) >= 11 is 0. The van der Waals surface area contributed by atoms with Gasteiger partial charge in [0.05, 0.1) is 0 Å². The average Bonchev–Trinajstić information content (AvgIpc) is 1.25. The molecule has 0 saturated heterocycles. The fourth-order valence-corrected chi connectivity index (χ4v) is 0. The average molecular weight is 148 g/mol. The summed E-state index contributed by atoms with van der Waals surface area (Å²) in [7, 11) is 0. The van der Waals surface area contributed by atoms with Crippen LogP contribution < -0.4 is 95.9 Å². The van der Waals surface area contributed by atoms with Gasteiger partial charge in [0, 0.05) is 0 Å². The first-order valence-corrected chi connectivity index (χ1v) is 1.22. The van der Waals surface area contributed by atoms with Gasteiger partial charge in [0.25, 0.3) is 0 Å². The standard InChI is InChI=1S/2CH2O3.4Li/c2*2-1(3)4;;;;/h2*(H2,2,3,4);;;;/q;;4*+1/p-4. The molecule has 0 radical (unpaired) electrons. The van der Waals surface area contributed by atoms with Crippen LogP contribution in [0.15, 0.2) is 0 Å². The molecule has 0 heterocycles. The van der Waals surface area contributed by atoms with Crippen molar-refractivity contribution >= 4 is 12.3 Å². The Hall–Kier alpha value is 0.930. The van der Waals surface area contributed by atoms with Gasteiger partial charge in [-0.05, 0) is 12.3 Å². The Morgan fingerprint density at radius 1 is 0.583 bits per heavy atom. The second kappa shape index (κ2) is 29.7. The van der Waals surface area contributed by atoms with Crippen LogP contribution in [0.25, 0.3) is 0 Å². The fourth-order valence-electron chi connectivity index (χ4n) is 0. The summed E-state index contributed by atoms with van der Waals surface area (Å²) in [6.07, 6.45) is -4.67. The molecule has 0 aliphatic carbocycles. The fraction of sp³-hybridized carbons (Fsp3) is 0. The van der Waals surface area contributed by atoms with Crippen molar-refractivity contribution in [2.75, 3.05) is 0 Å². The normalized spacial score (nSPS) is 4.00. The number of hydrogen-bond acceptors (Lipinski definition) is 6. The van der Waals surface area contributed by atoms with E-state index in [1.54, 1.807) is 0 Å². The van der Waals surface area contributed by atoms with E-state index in [0.29, 0.717) is 0 Å². The molecule has 0 aliphatic heterocycles. The van der Waals surface area contributed by atoms with Crippen LogP contribution in [0.4, 0.5) is 9.59 Å². The Morgan fingerprint density at radius 2 is 0.583 bits per heavy atom. The number of rotatable bonds is 0. The van der Waals surface area contributed by atoms with Gasteiger partial charge in [-0.3, -0.25) is 0 Å². The molecule has 6 nitrogen and oxygen atoms in total. The Bertz CT molecular complexity index is 75.5. The van der Waals surface area contributed by atoms with Crippen molar-refractivity contribution in [2.45, 2.75) is 0 Å². The van der Waals surface area contributed by atoms with Gasteiger partial charge in [0.15, 0.2) is 0 Å². The Morgan fingerprint density at radius 3 is 0.583 bits per heavy atom. The van der Waals surface area contributed by atoms with Crippen LogP contribution in [0, 0.1) is 0 Å². The zero-order chi connectivity index (χ0) is 7.15. The topological polar surface area (TPSA) is 126 Å². The van der Waals surface area contributed by atoms with E-state index in [4.69, 9.17) is 30.0 Å². The predicted octanol–water partition coefficient (Wildman–Crippen LogP) is -16.9. The molecule has 0 atom stereocenters. The molecule has 0 amide bonds. The molecule has 48 valence electrons. The zero-order valence-corrected chi connectivity index (χ0v) is 7.45. The molecule has 10 heteroatoms. The van der Waals surface area contributed by atoms with E-state index in [1.165, 1.54) is 0 Å². The molecule has 0 aromatic heterocycles. The van der Waals surface area contributed by atoms with E-state index >= 15 is 0 Å². The monoisotopic (exact) mass is 148 g/mol. The van der Waals surface area contributed by atoms with Crippen molar-refractivity contribution in [3.8, 4) is 0 Å². The van der Waals surface area contributed by atoms with Gasteiger partial charge in [0.1, 0.15) is 0 Å². The first-order valence-electron chi connectivity index (χ1n) is 1.22. The second-order valence-electron chi connectivity index (χ2n) is 0.500. The maximum Gasteiger partial charge on any atom is 1.00 e. The zero-order valence-electron chi connectivity index (χ0n) is 7.45. The maximum atomic E-state index is 8.33. The molecule has 0 rings (SSSR count). The van der Waals surface area contributed by atoms with Crippen molar-refractivity contribution in [3.63, 3.8) is 0 Å². The summed E-state index contributed by atoms with van der Waals surface area (Å²) in [5, 5.41) is 33.3. The van der Waals surface area contributed by atoms with Gasteiger partial charge in [0.2, 0.25) is 0 Å². The summed E-state index contributed by atoms with van der Waals surface area (Å²) in [6, 6.07) is 0. The quantitative estimate of drug-likeness (QED) is 0.313. The van der Waals surface area contributed by atoms with Crippen molar-refractivity contribution < 1.29 is 105 Å². The summed E-state index contributed by atoms with van der Waals surface area (Å²) in [5.74, 6) is 0. The molecule has 12 heavy (non-hydrogen) atoms. The molecule has 0 aromatic rings. The van der Waals surface area contributed by atoms with E-state index in [1.807, 2.05) is 0 Å². The maximum absolute atomic E-state index is 8.33. The summed E-state index contributed by atoms with van der Waals surface area (Å²) in [4.78, 5) is 16.7. The number of carbonyl (C=O) groups excluding carboxylic acids is 2. The molecular weight excluding hydrogens is 148 g/mol. The van der Waals surface area contributed by atoms with Crippen molar-refractivity contribution in [3.05, 3.63) is 0 Å². The minimum Gasteiger partial charge on any atom is -0.652 e. The van der Waals surface area contributed by atoms with Crippen LogP contribution in [0.5, 0.6) is 0 Å². The van der Waals surface area contributed by atoms with Crippen LogP contribution in [0.1, 0.15) is 0 Å². The second-order valence-corrected chi connectivity index (χ2v) is 0.500. The van der Waals surface area contributed by atoms with Gasteiger partial charge in [-0.15, -0.1) is 0 Å². The van der Waals surface area contributed by atoms with Gasteiger partial charge >= 0.3 is 75.4 Å². The van der Waals surface area contributed by atoms with Crippen LogP contribution in [0.3, 0.4) is 0 Å². The van der Waals surface area contributed by atoms with Gasteiger partial charge in [-0.2, -0.15) is 0 Å². The summed E-state index contributed by atoms with van der Waals surface area (Å²) < 4.78 is 0. The molecule has 0 aromatic carbocycles. The third-order valence-corrected chi connectivity index (χ3v) is 0. The van der Waals surface area contributed by atoms with E-state index < -0.39 is 12.3 Å². The van der Waals surface area contributed by atoms with E-state index in [0.717, 1.165) is 0 Å². The van der Waals surface area contributed by atoms with Crippen LogP contribution in [0.2, 0.25) is 0 Å². The first-order chi connectivity index (χ1) is 3.46. The van der Waals surface area contributed by atoms with Crippen molar-refractivity contribution in [1.82, 2.24) is 0 Å². The Kier molecular flexibility index (Phi) is 94.8. The number of carbonyl (C=O) groups is 2. The molecule has 0 N–H and O–H groups in total. The predicted molar refractivity (Wildman–Crippen MR) is 10.8 cm³/mol. The molecule has 0 fully saturated rings. The summed E-state index contributed by atoms with van der Waals surface area (Å²) in [6.45, 7) is 0. The number of hydrogen-bond donors (Lipinski definition) is 0. The van der Waals surface area contributed by atoms with Gasteiger partial charge < -0.3 is 30.0 Å². The molecule has 0 unspecified atom stereocenters. The smallest absolute Gasteiger partial charge is 0.652 e. The third kappa shape index (κ3) is 1250. The van der Waals surface area contributed by atoms with Crippen LogP contribution in [-0.4, -0.2) is 12.3 Å². The molecular formula is C2Li4O6. The van der Waals surface area contributed by atoms with Crippen LogP contribution in [-0.2, 0) is 0 Å². The Labute approximate surface area is 117 Å². The van der Waals surface area contributed by atoms with Gasteiger partial charge in [-0.25, -0.2) is 0 Å². The van der Waals surface area contributed by atoms with Gasteiger partial charge in [-0.1, -0.05) is 0 Å². The molecule has 0 spiro atoms. The minimum atomic E-state index is -2.33. The number of carboxylic acid groups (broad SMARTS) is 4. The first kappa shape index (κ1) is 38.3. The van der Waals surface area contributed by atoms with E-state index in [9.17, 15) is 0 Å². The molecule has 0 aliphatic rings. The third-order valence-electron chi connectivity index (χ3n) is 0. The molecule has 0 saturated carbocycles. The van der Waals surface area contributed by atoms with E-state index in [2.05, 4.69) is 0 Å².